The number of benzene rings is 1. The second-order valence-electron chi connectivity index (χ2n) is 5.19. The zero-order chi connectivity index (χ0) is 13.6. The number of hydrogen-bond acceptors (Lipinski definition) is 3. The van der Waals surface area contributed by atoms with Crippen molar-refractivity contribution in [2.45, 2.75) is 45.3 Å². The molecule has 3 nitrogen and oxygen atoms in total. The topological polar surface area (TPSA) is 41.5 Å². The second kappa shape index (κ2) is 6.76. The van der Waals surface area contributed by atoms with E-state index in [9.17, 15) is 5.11 Å². The molecule has 0 fully saturated rings. The molecule has 3 heteroatoms. The largest absolute Gasteiger partial charge is 0.508 e. The highest BCUT2D eigenvalue weighted by atomic mass is 16.5. The zero-order valence-electron chi connectivity index (χ0n) is 11.9. The molecule has 0 radical (unpaired) electrons. The molecule has 0 saturated carbocycles. The molecule has 0 aliphatic heterocycles. The molecule has 0 aliphatic carbocycles. The molecule has 0 aliphatic rings. The maximum atomic E-state index is 9.51. The number of aromatic hydroxyl groups is 1. The van der Waals surface area contributed by atoms with Crippen molar-refractivity contribution in [3.05, 3.63) is 29.8 Å². The van der Waals surface area contributed by atoms with Crippen LogP contribution in [0.1, 0.15) is 32.8 Å². The van der Waals surface area contributed by atoms with E-state index in [-0.39, 0.29) is 11.6 Å². The Morgan fingerprint density at radius 3 is 2.67 bits per heavy atom. The van der Waals surface area contributed by atoms with Gasteiger partial charge in [-0.05, 0) is 50.9 Å². The first-order valence-electron chi connectivity index (χ1n) is 6.56. The molecule has 0 spiro atoms. The van der Waals surface area contributed by atoms with Crippen molar-refractivity contribution in [2.75, 3.05) is 13.7 Å². The van der Waals surface area contributed by atoms with E-state index >= 15 is 0 Å². The van der Waals surface area contributed by atoms with E-state index in [2.05, 4.69) is 26.1 Å². The fourth-order valence-electron chi connectivity index (χ4n) is 1.94. The molecule has 102 valence electrons. The van der Waals surface area contributed by atoms with Crippen molar-refractivity contribution in [2.24, 2.45) is 0 Å². The average molecular weight is 251 g/mol. The molecule has 1 aromatic carbocycles. The molecule has 0 amide bonds. The number of phenols is 1. The minimum Gasteiger partial charge on any atom is -0.508 e. The Balaban J connectivity index is 2.78. The number of ether oxygens (including phenoxy) is 1. The van der Waals surface area contributed by atoms with Crippen LogP contribution in [0, 0.1) is 0 Å². The van der Waals surface area contributed by atoms with Crippen LogP contribution in [-0.2, 0) is 11.2 Å². The first kappa shape index (κ1) is 15.0. The minimum atomic E-state index is -0.235. The SMILES string of the molecule is CCCNC(Cc1cccc(O)c1)C(C)(C)OC. The van der Waals surface area contributed by atoms with E-state index in [1.807, 2.05) is 18.2 Å². The highest BCUT2D eigenvalue weighted by molar-refractivity contribution is 5.28. The predicted molar refractivity (Wildman–Crippen MR) is 75.0 cm³/mol. The van der Waals surface area contributed by atoms with Gasteiger partial charge in [-0.1, -0.05) is 19.1 Å². The minimum absolute atomic E-state index is 0.226. The fourth-order valence-corrected chi connectivity index (χ4v) is 1.94. The van der Waals surface area contributed by atoms with Gasteiger partial charge < -0.3 is 15.2 Å². The Labute approximate surface area is 110 Å². The molecule has 0 bridgehead atoms. The van der Waals surface area contributed by atoms with Crippen molar-refractivity contribution in [1.82, 2.24) is 5.32 Å². The summed E-state index contributed by atoms with van der Waals surface area (Å²) in [5, 5.41) is 13.0. The van der Waals surface area contributed by atoms with E-state index in [4.69, 9.17) is 4.74 Å². The third-order valence-electron chi connectivity index (χ3n) is 3.36. The smallest absolute Gasteiger partial charge is 0.115 e. The molecular weight excluding hydrogens is 226 g/mol. The molecule has 0 saturated heterocycles. The van der Waals surface area contributed by atoms with E-state index in [1.54, 1.807) is 13.2 Å². The highest BCUT2D eigenvalue weighted by Gasteiger charge is 2.28. The Bertz CT molecular complexity index is 363. The zero-order valence-corrected chi connectivity index (χ0v) is 11.9. The molecule has 18 heavy (non-hydrogen) atoms. The summed E-state index contributed by atoms with van der Waals surface area (Å²) in [6.07, 6.45) is 1.94. The Hall–Kier alpha value is -1.06. The standard InChI is InChI=1S/C15H25NO2/c1-5-9-16-14(15(2,3)18-4)11-12-7-6-8-13(17)10-12/h6-8,10,14,16-17H,5,9,11H2,1-4H3. The second-order valence-corrected chi connectivity index (χ2v) is 5.19. The number of methoxy groups -OCH3 is 1. The van der Waals surface area contributed by atoms with Crippen LogP contribution in [0.5, 0.6) is 5.75 Å². The number of nitrogens with one attached hydrogen (secondary N) is 1. The van der Waals surface area contributed by atoms with E-state index in [1.165, 1.54) is 0 Å². The van der Waals surface area contributed by atoms with Crippen LogP contribution in [0.4, 0.5) is 0 Å². The summed E-state index contributed by atoms with van der Waals surface area (Å²) in [5.74, 6) is 0.317. The molecule has 1 rings (SSSR count). The molecule has 0 heterocycles. The normalized spacial score (nSPS) is 13.6. The van der Waals surface area contributed by atoms with Crippen molar-refractivity contribution in [1.29, 1.82) is 0 Å². The predicted octanol–water partition coefficient (Wildman–Crippen LogP) is 2.73. The van der Waals surface area contributed by atoms with Crippen LogP contribution in [0.15, 0.2) is 24.3 Å². The lowest BCUT2D eigenvalue weighted by Gasteiger charge is -2.34. The summed E-state index contributed by atoms with van der Waals surface area (Å²) in [4.78, 5) is 0. The lowest BCUT2D eigenvalue weighted by atomic mass is 9.92. The quantitative estimate of drug-likeness (QED) is 0.783. The van der Waals surface area contributed by atoms with Crippen LogP contribution in [-0.4, -0.2) is 30.4 Å². The van der Waals surface area contributed by atoms with Gasteiger partial charge in [0, 0.05) is 13.2 Å². The van der Waals surface area contributed by atoms with E-state index < -0.39 is 0 Å². The van der Waals surface area contributed by atoms with Crippen molar-refractivity contribution in [3.63, 3.8) is 0 Å². The molecule has 1 aromatic rings. The van der Waals surface area contributed by atoms with Gasteiger partial charge in [0.15, 0.2) is 0 Å². The summed E-state index contributed by atoms with van der Waals surface area (Å²) in [6, 6.07) is 7.64. The van der Waals surface area contributed by atoms with Crippen LogP contribution in [0.2, 0.25) is 0 Å². The Morgan fingerprint density at radius 2 is 2.11 bits per heavy atom. The van der Waals surface area contributed by atoms with Crippen molar-refractivity contribution >= 4 is 0 Å². The lowest BCUT2D eigenvalue weighted by Crippen LogP contribution is -2.49. The third kappa shape index (κ3) is 4.31. The van der Waals surface area contributed by atoms with Gasteiger partial charge in [0.25, 0.3) is 0 Å². The maximum Gasteiger partial charge on any atom is 0.115 e. The molecule has 1 atom stereocenters. The Morgan fingerprint density at radius 1 is 1.39 bits per heavy atom. The molecule has 1 unspecified atom stereocenters. The van der Waals surface area contributed by atoms with E-state index in [0.29, 0.717) is 5.75 Å². The van der Waals surface area contributed by atoms with Gasteiger partial charge in [-0.15, -0.1) is 0 Å². The van der Waals surface area contributed by atoms with Crippen LogP contribution in [0.25, 0.3) is 0 Å². The Kier molecular flexibility index (Phi) is 5.63. The van der Waals surface area contributed by atoms with E-state index in [0.717, 1.165) is 24.9 Å². The summed E-state index contributed by atoms with van der Waals surface area (Å²) >= 11 is 0. The first-order chi connectivity index (χ1) is 8.49. The van der Waals surface area contributed by atoms with Crippen LogP contribution >= 0.6 is 0 Å². The van der Waals surface area contributed by atoms with Crippen LogP contribution in [0.3, 0.4) is 0 Å². The van der Waals surface area contributed by atoms with Gasteiger partial charge >= 0.3 is 0 Å². The first-order valence-corrected chi connectivity index (χ1v) is 6.56. The van der Waals surface area contributed by atoms with Crippen molar-refractivity contribution in [3.8, 4) is 5.75 Å². The third-order valence-corrected chi connectivity index (χ3v) is 3.36. The van der Waals surface area contributed by atoms with Crippen molar-refractivity contribution < 1.29 is 9.84 Å². The van der Waals surface area contributed by atoms with Gasteiger partial charge in [-0.3, -0.25) is 0 Å². The van der Waals surface area contributed by atoms with Gasteiger partial charge in [0.1, 0.15) is 5.75 Å². The lowest BCUT2D eigenvalue weighted by molar-refractivity contribution is -0.00999. The van der Waals surface area contributed by atoms with Gasteiger partial charge in [0.2, 0.25) is 0 Å². The number of hydrogen-bond donors (Lipinski definition) is 2. The molecular formula is C15H25NO2. The van der Waals surface area contributed by atoms with Gasteiger partial charge in [0.05, 0.1) is 5.60 Å². The fraction of sp³-hybridized carbons (Fsp3) is 0.600. The van der Waals surface area contributed by atoms with Gasteiger partial charge in [-0.2, -0.15) is 0 Å². The van der Waals surface area contributed by atoms with Crippen LogP contribution < -0.4 is 5.32 Å². The summed E-state index contributed by atoms with van der Waals surface area (Å²) < 4.78 is 5.57. The molecule has 2 N–H and O–H groups in total. The average Bonchev–Trinajstić information content (AvgIpc) is 2.34. The summed E-state index contributed by atoms with van der Waals surface area (Å²) in [6.45, 7) is 7.29. The number of rotatable bonds is 7. The summed E-state index contributed by atoms with van der Waals surface area (Å²) in [5.41, 5.74) is 0.884. The number of phenolic OH excluding ortho intramolecular Hbond substituents is 1. The van der Waals surface area contributed by atoms with Gasteiger partial charge in [-0.25, -0.2) is 0 Å². The monoisotopic (exact) mass is 251 g/mol. The highest BCUT2D eigenvalue weighted by Crippen LogP contribution is 2.20. The summed E-state index contributed by atoms with van der Waals surface area (Å²) in [7, 11) is 1.74. The maximum absolute atomic E-state index is 9.51. The molecule has 0 aromatic heterocycles.